The first-order valence-corrected chi connectivity index (χ1v) is 10.9. The van der Waals surface area contributed by atoms with Gasteiger partial charge in [-0.25, -0.2) is 0 Å². The molecular weight excluding hydrogens is 410 g/mol. The van der Waals surface area contributed by atoms with E-state index in [1.165, 1.54) is 5.56 Å². The Balaban J connectivity index is 1.15. The van der Waals surface area contributed by atoms with Gasteiger partial charge in [0.15, 0.2) is 23.0 Å². The summed E-state index contributed by atoms with van der Waals surface area (Å²) in [6.07, 6.45) is 2.99. The molecule has 5 rings (SSSR count). The molecule has 0 bridgehead atoms. The molecule has 8 heteroatoms. The first kappa shape index (κ1) is 20.6. The fourth-order valence-electron chi connectivity index (χ4n) is 4.28. The minimum Gasteiger partial charge on any atom is -0.493 e. The maximum absolute atomic E-state index is 5.61. The number of benzene rings is 2. The maximum Gasteiger partial charge on any atom is 0.231 e. The molecule has 168 valence electrons. The van der Waals surface area contributed by atoms with Crippen LogP contribution in [0.4, 0.5) is 0 Å². The van der Waals surface area contributed by atoms with Crippen LogP contribution in [0.1, 0.15) is 30.2 Å². The molecule has 32 heavy (non-hydrogen) atoms. The van der Waals surface area contributed by atoms with Gasteiger partial charge in [0, 0.05) is 18.0 Å². The van der Waals surface area contributed by atoms with Crippen molar-refractivity contribution in [1.29, 1.82) is 0 Å². The topological polar surface area (TPSA) is 79.1 Å². The van der Waals surface area contributed by atoms with E-state index in [1.807, 2.05) is 24.3 Å². The predicted octanol–water partition coefficient (Wildman–Crippen LogP) is 3.90. The highest BCUT2D eigenvalue weighted by atomic mass is 16.7. The van der Waals surface area contributed by atoms with Gasteiger partial charge in [-0.2, -0.15) is 4.98 Å². The number of nitrogens with zero attached hydrogens (tertiary/aromatic N) is 3. The average molecular weight is 437 g/mol. The van der Waals surface area contributed by atoms with E-state index in [-0.39, 0.29) is 6.79 Å². The molecule has 1 fully saturated rings. The van der Waals surface area contributed by atoms with E-state index in [2.05, 4.69) is 27.2 Å². The van der Waals surface area contributed by atoms with E-state index >= 15 is 0 Å². The standard InChI is InChI=1S/C24H27N3O5/c1-28-19-5-3-16(13-21(19)29-2)7-10-27-11-8-17(9-12-27)24-25-23(26-32-24)18-4-6-20-22(14-18)31-15-30-20/h3-6,13-14,17H,7-12,15H2,1-2H3. The highest BCUT2D eigenvalue weighted by molar-refractivity contribution is 5.61. The van der Waals surface area contributed by atoms with Crippen LogP contribution in [0.25, 0.3) is 11.4 Å². The fraction of sp³-hybridized carbons (Fsp3) is 0.417. The number of likely N-dealkylation sites (tertiary alicyclic amines) is 1. The van der Waals surface area contributed by atoms with E-state index < -0.39 is 0 Å². The molecule has 0 N–H and O–H groups in total. The molecule has 8 nitrogen and oxygen atoms in total. The second-order valence-corrected chi connectivity index (χ2v) is 8.08. The number of rotatable bonds is 7. The second kappa shape index (κ2) is 9.08. The number of hydrogen-bond acceptors (Lipinski definition) is 8. The molecule has 1 aromatic heterocycles. The first-order chi connectivity index (χ1) is 15.7. The molecule has 0 atom stereocenters. The van der Waals surface area contributed by atoms with Gasteiger partial charge in [-0.15, -0.1) is 0 Å². The van der Waals surface area contributed by atoms with Gasteiger partial charge in [-0.3, -0.25) is 0 Å². The van der Waals surface area contributed by atoms with Crippen LogP contribution in [0.5, 0.6) is 23.0 Å². The molecule has 0 amide bonds. The highest BCUT2D eigenvalue weighted by Crippen LogP contribution is 2.36. The van der Waals surface area contributed by atoms with Crippen molar-refractivity contribution in [2.75, 3.05) is 40.6 Å². The zero-order valence-corrected chi connectivity index (χ0v) is 18.4. The molecule has 2 aliphatic rings. The third-order valence-electron chi connectivity index (χ3n) is 6.17. The van der Waals surface area contributed by atoms with Crippen molar-refractivity contribution in [2.45, 2.75) is 25.2 Å². The quantitative estimate of drug-likeness (QED) is 0.551. The Bertz CT molecular complexity index is 1080. The minimum atomic E-state index is 0.251. The Hall–Kier alpha value is -3.26. The van der Waals surface area contributed by atoms with Crippen LogP contribution in [0.3, 0.4) is 0 Å². The third kappa shape index (κ3) is 4.23. The van der Waals surface area contributed by atoms with Gasteiger partial charge >= 0.3 is 0 Å². The van der Waals surface area contributed by atoms with Gasteiger partial charge in [-0.05, 0) is 68.2 Å². The van der Waals surface area contributed by atoms with E-state index in [0.717, 1.165) is 73.3 Å². The number of methoxy groups -OCH3 is 2. The average Bonchev–Trinajstić information content (AvgIpc) is 3.52. The minimum absolute atomic E-state index is 0.251. The van der Waals surface area contributed by atoms with Crippen molar-refractivity contribution in [3.05, 3.63) is 47.9 Å². The number of ether oxygens (including phenoxy) is 4. The monoisotopic (exact) mass is 437 g/mol. The van der Waals surface area contributed by atoms with Crippen LogP contribution in [0.2, 0.25) is 0 Å². The lowest BCUT2D eigenvalue weighted by Crippen LogP contribution is -2.34. The Labute approximate surface area is 187 Å². The third-order valence-corrected chi connectivity index (χ3v) is 6.17. The molecule has 3 aromatic rings. The highest BCUT2D eigenvalue weighted by Gasteiger charge is 2.26. The second-order valence-electron chi connectivity index (χ2n) is 8.08. The molecule has 2 aliphatic heterocycles. The summed E-state index contributed by atoms with van der Waals surface area (Å²) in [4.78, 5) is 7.15. The largest absolute Gasteiger partial charge is 0.493 e. The first-order valence-electron chi connectivity index (χ1n) is 10.9. The number of piperidine rings is 1. The summed E-state index contributed by atoms with van der Waals surface area (Å²) in [5.74, 6) is 4.61. The lowest BCUT2D eigenvalue weighted by atomic mass is 9.96. The molecule has 0 unspecified atom stereocenters. The summed E-state index contributed by atoms with van der Waals surface area (Å²) in [7, 11) is 3.32. The predicted molar refractivity (Wildman–Crippen MR) is 118 cm³/mol. The fourth-order valence-corrected chi connectivity index (χ4v) is 4.28. The summed E-state index contributed by atoms with van der Waals surface area (Å²) in [5, 5.41) is 4.19. The van der Waals surface area contributed by atoms with Crippen molar-refractivity contribution in [1.82, 2.24) is 15.0 Å². The smallest absolute Gasteiger partial charge is 0.231 e. The van der Waals surface area contributed by atoms with E-state index in [0.29, 0.717) is 11.7 Å². The molecule has 0 spiro atoms. The van der Waals surface area contributed by atoms with Gasteiger partial charge in [0.2, 0.25) is 18.5 Å². The molecule has 0 aliphatic carbocycles. The van der Waals surface area contributed by atoms with Gasteiger partial charge in [0.05, 0.1) is 14.2 Å². The summed E-state index contributed by atoms with van der Waals surface area (Å²) in [5.41, 5.74) is 2.12. The Morgan fingerprint density at radius 3 is 2.59 bits per heavy atom. The summed E-state index contributed by atoms with van der Waals surface area (Å²) >= 11 is 0. The molecule has 2 aromatic carbocycles. The van der Waals surface area contributed by atoms with Crippen LogP contribution in [-0.4, -0.2) is 55.7 Å². The molecule has 0 radical (unpaired) electrons. The lowest BCUT2D eigenvalue weighted by molar-refractivity contribution is 0.174. The van der Waals surface area contributed by atoms with Crippen LogP contribution >= 0.6 is 0 Å². The van der Waals surface area contributed by atoms with Gasteiger partial charge < -0.3 is 28.4 Å². The lowest BCUT2D eigenvalue weighted by Gasteiger charge is -2.30. The SMILES string of the molecule is COc1ccc(CCN2CCC(c3nc(-c4ccc5c(c4)OCO5)no3)CC2)cc1OC. The molecule has 3 heterocycles. The van der Waals surface area contributed by atoms with Crippen molar-refractivity contribution in [2.24, 2.45) is 0 Å². The van der Waals surface area contributed by atoms with Gasteiger partial charge in [0.25, 0.3) is 0 Å². The molecular formula is C24H27N3O5. The number of fused-ring (bicyclic) bond motifs is 1. The summed E-state index contributed by atoms with van der Waals surface area (Å²) < 4.78 is 27.2. The van der Waals surface area contributed by atoms with Gasteiger partial charge in [-0.1, -0.05) is 11.2 Å². The van der Waals surface area contributed by atoms with Crippen molar-refractivity contribution in [3.63, 3.8) is 0 Å². The van der Waals surface area contributed by atoms with Crippen molar-refractivity contribution < 1.29 is 23.5 Å². The van der Waals surface area contributed by atoms with E-state index in [9.17, 15) is 0 Å². The number of aromatic nitrogens is 2. The zero-order chi connectivity index (χ0) is 21.9. The van der Waals surface area contributed by atoms with Crippen LogP contribution < -0.4 is 18.9 Å². The van der Waals surface area contributed by atoms with Crippen LogP contribution in [0, 0.1) is 0 Å². The number of hydrogen-bond donors (Lipinski definition) is 0. The Morgan fingerprint density at radius 2 is 1.78 bits per heavy atom. The van der Waals surface area contributed by atoms with Crippen LogP contribution in [0.15, 0.2) is 40.9 Å². The Kier molecular flexibility index (Phi) is 5.85. The van der Waals surface area contributed by atoms with Crippen molar-refractivity contribution >= 4 is 0 Å². The normalized spacial score (nSPS) is 16.3. The summed E-state index contributed by atoms with van der Waals surface area (Å²) in [6.45, 7) is 3.29. The van der Waals surface area contributed by atoms with E-state index in [1.54, 1.807) is 14.2 Å². The molecule has 0 saturated carbocycles. The Morgan fingerprint density at radius 1 is 0.969 bits per heavy atom. The zero-order valence-electron chi connectivity index (χ0n) is 18.4. The maximum atomic E-state index is 5.61. The molecule has 1 saturated heterocycles. The summed E-state index contributed by atoms with van der Waals surface area (Å²) in [6, 6.07) is 11.8. The van der Waals surface area contributed by atoms with Gasteiger partial charge in [0.1, 0.15) is 0 Å². The van der Waals surface area contributed by atoms with E-state index in [4.69, 9.17) is 23.5 Å². The van der Waals surface area contributed by atoms with Crippen LogP contribution in [-0.2, 0) is 6.42 Å². The van der Waals surface area contributed by atoms with Crippen molar-refractivity contribution in [3.8, 4) is 34.4 Å².